The molecule has 9 heteroatoms. The standard InChI is InChI=1S/C16H17N5O3S/c22-10-1-11-25(23,24)15-4-2-14(3-5-15)16-18-20-21(19-16)12-13-6-8-17-9-7-13/h2-9,22H,1,10-12H2. The molecule has 25 heavy (non-hydrogen) atoms. The van der Waals surface area contributed by atoms with E-state index in [2.05, 4.69) is 20.4 Å². The molecule has 8 nitrogen and oxygen atoms in total. The Morgan fingerprint density at radius 3 is 2.44 bits per heavy atom. The number of sulfone groups is 1. The number of hydrogen-bond donors (Lipinski definition) is 1. The summed E-state index contributed by atoms with van der Waals surface area (Å²) in [5, 5.41) is 21.1. The van der Waals surface area contributed by atoms with Crippen molar-refractivity contribution in [3.8, 4) is 11.4 Å². The van der Waals surface area contributed by atoms with E-state index in [-0.39, 0.29) is 23.7 Å². The number of aliphatic hydroxyl groups is 1. The third kappa shape index (κ3) is 4.25. The molecule has 0 aliphatic carbocycles. The minimum Gasteiger partial charge on any atom is -0.396 e. The highest BCUT2D eigenvalue weighted by molar-refractivity contribution is 7.91. The number of aliphatic hydroxyl groups excluding tert-OH is 1. The van der Waals surface area contributed by atoms with E-state index >= 15 is 0 Å². The van der Waals surface area contributed by atoms with E-state index in [1.54, 1.807) is 24.5 Å². The summed E-state index contributed by atoms with van der Waals surface area (Å²) in [7, 11) is -3.38. The van der Waals surface area contributed by atoms with Crippen LogP contribution in [0.5, 0.6) is 0 Å². The van der Waals surface area contributed by atoms with E-state index in [0.717, 1.165) is 5.56 Å². The maximum atomic E-state index is 12.1. The Morgan fingerprint density at radius 2 is 1.76 bits per heavy atom. The molecule has 0 radical (unpaired) electrons. The number of nitrogens with zero attached hydrogens (tertiary/aromatic N) is 5. The summed E-state index contributed by atoms with van der Waals surface area (Å²) >= 11 is 0. The van der Waals surface area contributed by atoms with Crippen LogP contribution in [0.1, 0.15) is 12.0 Å². The van der Waals surface area contributed by atoms with Crippen molar-refractivity contribution in [1.82, 2.24) is 25.2 Å². The van der Waals surface area contributed by atoms with Crippen LogP contribution in [0, 0.1) is 0 Å². The number of benzene rings is 1. The lowest BCUT2D eigenvalue weighted by Gasteiger charge is -2.03. The lowest BCUT2D eigenvalue weighted by molar-refractivity contribution is 0.295. The van der Waals surface area contributed by atoms with Crippen LogP contribution in [-0.2, 0) is 16.4 Å². The Bertz CT molecular complexity index is 924. The molecule has 0 bridgehead atoms. The minimum absolute atomic E-state index is 0.0801. The monoisotopic (exact) mass is 359 g/mol. The summed E-state index contributed by atoms with van der Waals surface area (Å²) in [5.74, 6) is 0.344. The van der Waals surface area contributed by atoms with Crippen molar-refractivity contribution < 1.29 is 13.5 Å². The number of tetrazole rings is 1. The van der Waals surface area contributed by atoms with Gasteiger partial charge in [-0.1, -0.05) is 0 Å². The first-order valence-corrected chi connectivity index (χ1v) is 9.34. The number of hydrogen-bond acceptors (Lipinski definition) is 7. The highest BCUT2D eigenvalue weighted by Crippen LogP contribution is 2.18. The second-order valence-corrected chi connectivity index (χ2v) is 7.53. The molecule has 1 N–H and O–H groups in total. The lowest BCUT2D eigenvalue weighted by atomic mass is 10.2. The molecule has 0 aliphatic heterocycles. The predicted molar refractivity (Wildman–Crippen MR) is 90.3 cm³/mol. The van der Waals surface area contributed by atoms with E-state index in [4.69, 9.17) is 5.11 Å². The summed E-state index contributed by atoms with van der Waals surface area (Å²) in [5.41, 5.74) is 1.69. The first kappa shape index (κ1) is 17.2. The second-order valence-electron chi connectivity index (χ2n) is 5.42. The van der Waals surface area contributed by atoms with Gasteiger partial charge < -0.3 is 5.11 Å². The molecule has 0 unspecified atom stereocenters. The summed E-state index contributed by atoms with van der Waals surface area (Å²) < 4.78 is 24.2. The number of pyridine rings is 1. The van der Waals surface area contributed by atoms with Crippen molar-refractivity contribution in [1.29, 1.82) is 0 Å². The highest BCUT2D eigenvalue weighted by Gasteiger charge is 2.14. The van der Waals surface area contributed by atoms with Gasteiger partial charge in [0.15, 0.2) is 9.84 Å². The largest absolute Gasteiger partial charge is 0.396 e. The summed E-state index contributed by atoms with van der Waals surface area (Å²) in [6, 6.07) is 10.1. The second kappa shape index (κ2) is 7.49. The summed E-state index contributed by atoms with van der Waals surface area (Å²) in [4.78, 5) is 5.64. The van der Waals surface area contributed by atoms with Crippen LogP contribution in [0.2, 0.25) is 0 Å². The zero-order valence-corrected chi connectivity index (χ0v) is 14.2. The average molecular weight is 359 g/mol. The van der Waals surface area contributed by atoms with Gasteiger partial charge in [-0.25, -0.2) is 8.42 Å². The Hall–Kier alpha value is -2.65. The average Bonchev–Trinajstić information content (AvgIpc) is 3.09. The molecule has 0 aliphatic rings. The maximum Gasteiger partial charge on any atom is 0.204 e. The van der Waals surface area contributed by atoms with Crippen LogP contribution in [0.25, 0.3) is 11.4 Å². The van der Waals surface area contributed by atoms with Crippen LogP contribution >= 0.6 is 0 Å². The van der Waals surface area contributed by atoms with E-state index in [0.29, 0.717) is 17.9 Å². The molecule has 130 valence electrons. The fraction of sp³-hybridized carbons (Fsp3) is 0.250. The molecular weight excluding hydrogens is 342 g/mol. The smallest absolute Gasteiger partial charge is 0.204 e. The topological polar surface area (TPSA) is 111 Å². The quantitative estimate of drug-likeness (QED) is 0.668. The van der Waals surface area contributed by atoms with Gasteiger partial charge in [-0.3, -0.25) is 4.98 Å². The highest BCUT2D eigenvalue weighted by atomic mass is 32.2. The van der Waals surface area contributed by atoms with Crippen molar-refractivity contribution in [3.63, 3.8) is 0 Å². The molecule has 0 saturated heterocycles. The first-order valence-electron chi connectivity index (χ1n) is 7.69. The van der Waals surface area contributed by atoms with Crippen molar-refractivity contribution >= 4 is 9.84 Å². The van der Waals surface area contributed by atoms with E-state index < -0.39 is 9.84 Å². The van der Waals surface area contributed by atoms with Gasteiger partial charge in [0, 0.05) is 24.6 Å². The molecule has 3 rings (SSSR count). The zero-order valence-electron chi connectivity index (χ0n) is 13.4. The molecule has 2 heterocycles. The van der Waals surface area contributed by atoms with Crippen LogP contribution in [0.4, 0.5) is 0 Å². The molecule has 0 spiro atoms. The van der Waals surface area contributed by atoms with Crippen LogP contribution in [-0.4, -0.2) is 51.1 Å². The normalized spacial score (nSPS) is 11.6. The van der Waals surface area contributed by atoms with Crippen LogP contribution in [0.3, 0.4) is 0 Å². The Labute approximate surface area is 145 Å². The van der Waals surface area contributed by atoms with Crippen molar-refractivity contribution in [2.75, 3.05) is 12.4 Å². The lowest BCUT2D eigenvalue weighted by Crippen LogP contribution is -2.08. The van der Waals surface area contributed by atoms with Gasteiger partial charge in [-0.05, 0) is 53.6 Å². The molecule has 2 aromatic heterocycles. The Kier molecular flexibility index (Phi) is 5.15. The molecule has 0 amide bonds. The molecule has 0 fully saturated rings. The first-order chi connectivity index (χ1) is 12.1. The fourth-order valence-corrected chi connectivity index (χ4v) is 3.56. The SMILES string of the molecule is O=S(=O)(CCCO)c1ccc(-c2nnn(Cc3ccncc3)n2)cc1. The molecule has 0 saturated carbocycles. The zero-order chi connectivity index (χ0) is 17.7. The van der Waals surface area contributed by atoms with E-state index in [9.17, 15) is 8.42 Å². The van der Waals surface area contributed by atoms with E-state index in [1.807, 2.05) is 12.1 Å². The summed E-state index contributed by atoms with van der Waals surface area (Å²) in [6.07, 6.45) is 3.61. The van der Waals surface area contributed by atoms with Crippen LogP contribution < -0.4 is 0 Å². The van der Waals surface area contributed by atoms with Gasteiger partial charge in [0.05, 0.1) is 17.2 Å². The van der Waals surface area contributed by atoms with Gasteiger partial charge in [0.25, 0.3) is 0 Å². The van der Waals surface area contributed by atoms with Crippen molar-refractivity contribution in [2.45, 2.75) is 17.9 Å². The Balaban J connectivity index is 1.75. The maximum absolute atomic E-state index is 12.1. The van der Waals surface area contributed by atoms with Gasteiger partial charge in [0.2, 0.25) is 5.82 Å². The van der Waals surface area contributed by atoms with Gasteiger partial charge in [0.1, 0.15) is 0 Å². The van der Waals surface area contributed by atoms with Crippen molar-refractivity contribution in [2.24, 2.45) is 0 Å². The van der Waals surface area contributed by atoms with Gasteiger partial charge >= 0.3 is 0 Å². The van der Waals surface area contributed by atoms with Crippen molar-refractivity contribution in [3.05, 3.63) is 54.4 Å². The van der Waals surface area contributed by atoms with Crippen LogP contribution in [0.15, 0.2) is 53.7 Å². The number of aromatic nitrogens is 5. The minimum atomic E-state index is -3.38. The molecular formula is C16H17N5O3S. The molecule has 0 atom stereocenters. The predicted octanol–water partition coefficient (Wildman–Crippen LogP) is 0.940. The third-order valence-corrected chi connectivity index (χ3v) is 5.39. The molecule has 3 aromatic rings. The molecule has 1 aromatic carbocycles. The fourth-order valence-electron chi connectivity index (χ4n) is 2.26. The van der Waals surface area contributed by atoms with Gasteiger partial charge in [-0.2, -0.15) is 4.80 Å². The summed E-state index contributed by atoms with van der Waals surface area (Å²) in [6.45, 7) is 0.324. The van der Waals surface area contributed by atoms with Gasteiger partial charge in [-0.15, -0.1) is 10.2 Å². The van der Waals surface area contributed by atoms with E-state index in [1.165, 1.54) is 16.9 Å². The number of rotatable bonds is 7. The Morgan fingerprint density at radius 1 is 1.04 bits per heavy atom. The third-order valence-electron chi connectivity index (χ3n) is 3.57.